The van der Waals surface area contributed by atoms with Crippen LogP contribution in [-0.2, 0) is 4.79 Å². The van der Waals surface area contributed by atoms with Crippen molar-refractivity contribution in [3.63, 3.8) is 0 Å². The van der Waals surface area contributed by atoms with Gasteiger partial charge < -0.3 is 10.1 Å². The lowest BCUT2D eigenvalue weighted by molar-refractivity contribution is -0.122. The molecule has 0 saturated carbocycles. The van der Waals surface area contributed by atoms with E-state index in [2.05, 4.69) is 27.9 Å². The fourth-order valence-electron chi connectivity index (χ4n) is 1.55. The second kappa shape index (κ2) is 6.56. The summed E-state index contributed by atoms with van der Waals surface area (Å²) in [6.07, 6.45) is -0.543. The zero-order chi connectivity index (χ0) is 13.7. The molecule has 4 heteroatoms. The Kier molecular flexibility index (Phi) is 4.79. The normalized spacial score (nSPS) is 11.7. The van der Waals surface area contributed by atoms with Crippen molar-refractivity contribution in [2.24, 2.45) is 0 Å². The van der Waals surface area contributed by atoms with Crippen LogP contribution >= 0.6 is 22.6 Å². The van der Waals surface area contributed by atoms with Crippen molar-refractivity contribution in [2.75, 3.05) is 5.32 Å². The first-order valence-electron chi connectivity index (χ1n) is 5.94. The number of amides is 1. The lowest BCUT2D eigenvalue weighted by Gasteiger charge is -2.15. The number of hydrogen-bond acceptors (Lipinski definition) is 2. The molecule has 0 aliphatic carbocycles. The van der Waals surface area contributed by atoms with Gasteiger partial charge in [-0.2, -0.15) is 0 Å². The van der Waals surface area contributed by atoms with Crippen LogP contribution in [0.3, 0.4) is 0 Å². The highest BCUT2D eigenvalue weighted by Crippen LogP contribution is 2.18. The summed E-state index contributed by atoms with van der Waals surface area (Å²) < 4.78 is 6.57. The summed E-state index contributed by atoms with van der Waals surface area (Å²) in [5.74, 6) is 0.529. The van der Waals surface area contributed by atoms with Crippen molar-refractivity contribution < 1.29 is 9.53 Å². The van der Waals surface area contributed by atoms with Crippen LogP contribution in [0.1, 0.15) is 6.92 Å². The molecule has 2 rings (SSSR count). The van der Waals surface area contributed by atoms with Gasteiger partial charge in [-0.3, -0.25) is 4.79 Å². The highest BCUT2D eigenvalue weighted by atomic mass is 127. The Morgan fingerprint density at radius 1 is 1.11 bits per heavy atom. The van der Waals surface area contributed by atoms with Gasteiger partial charge in [-0.15, -0.1) is 0 Å². The van der Waals surface area contributed by atoms with Gasteiger partial charge in [0.2, 0.25) is 0 Å². The van der Waals surface area contributed by atoms with Crippen molar-refractivity contribution >= 4 is 34.2 Å². The first-order chi connectivity index (χ1) is 9.16. The first-order valence-corrected chi connectivity index (χ1v) is 7.02. The van der Waals surface area contributed by atoms with Crippen LogP contribution in [0.4, 0.5) is 5.69 Å². The number of anilines is 1. The van der Waals surface area contributed by atoms with Gasteiger partial charge in [0.1, 0.15) is 5.75 Å². The van der Waals surface area contributed by atoms with E-state index in [9.17, 15) is 4.79 Å². The topological polar surface area (TPSA) is 38.3 Å². The molecule has 1 N–H and O–H groups in total. The molecule has 0 aliphatic heterocycles. The van der Waals surface area contributed by atoms with E-state index >= 15 is 0 Å². The zero-order valence-electron chi connectivity index (χ0n) is 10.5. The molecular formula is C15H14INO2. The molecule has 0 unspecified atom stereocenters. The summed E-state index contributed by atoms with van der Waals surface area (Å²) in [6.45, 7) is 1.73. The Morgan fingerprint density at radius 3 is 2.42 bits per heavy atom. The summed E-state index contributed by atoms with van der Waals surface area (Å²) in [5.41, 5.74) is 0.802. The molecule has 19 heavy (non-hydrogen) atoms. The van der Waals surface area contributed by atoms with Gasteiger partial charge in [-0.25, -0.2) is 0 Å². The molecule has 2 aromatic carbocycles. The minimum absolute atomic E-state index is 0.159. The Labute approximate surface area is 126 Å². The molecule has 0 bridgehead atoms. The van der Waals surface area contributed by atoms with Crippen molar-refractivity contribution in [1.29, 1.82) is 0 Å². The Bertz CT molecular complexity index is 557. The van der Waals surface area contributed by atoms with Gasteiger partial charge in [-0.1, -0.05) is 30.3 Å². The number of carbonyl (C=O) groups excluding carboxylic acids is 1. The first kappa shape index (κ1) is 13.9. The van der Waals surface area contributed by atoms with E-state index in [1.807, 2.05) is 54.6 Å². The maximum absolute atomic E-state index is 12.0. The molecule has 98 valence electrons. The van der Waals surface area contributed by atoms with Gasteiger partial charge in [0.15, 0.2) is 6.10 Å². The zero-order valence-corrected chi connectivity index (χ0v) is 12.6. The number of hydrogen-bond donors (Lipinski definition) is 1. The van der Waals surface area contributed by atoms with Crippen molar-refractivity contribution in [2.45, 2.75) is 13.0 Å². The van der Waals surface area contributed by atoms with Crippen LogP contribution in [0, 0.1) is 3.57 Å². The second-order valence-corrected chi connectivity index (χ2v) is 5.20. The Balaban J connectivity index is 1.99. The fourth-order valence-corrected chi connectivity index (χ4v) is 2.08. The fraction of sp³-hybridized carbons (Fsp3) is 0.133. The van der Waals surface area contributed by atoms with Gasteiger partial charge >= 0.3 is 0 Å². The molecule has 2 aromatic rings. The van der Waals surface area contributed by atoms with E-state index in [0.717, 1.165) is 9.26 Å². The molecular weight excluding hydrogens is 353 g/mol. The highest BCUT2D eigenvalue weighted by molar-refractivity contribution is 14.1. The molecule has 0 fully saturated rings. The van der Waals surface area contributed by atoms with Crippen molar-refractivity contribution in [3.8, 4) is 5.75 Å². The predicted molar refractivity (Wildman–Crippen MR) is 84.3 cm³/mol. The number of halogens is 1. The minimum atomic E-state index is -0.543. The van der Waals surface area contributed by atoms with Gasteiger partial charge in [0.05, 0.1) is 5.69 Å². The smallest absolute Gasteiger partial charge is 0.265 e. The molecule has 1 amide bonds. The summed E-state index contributed by atoms with van der Waals surface area (Å²) >= 11 is 2.19. The number of carbonyl (C=O) groups is 1. The molecule has 1 atom stereocenters. The maximum atomic E-state index is 12.0. The largest absolute Gasteiger partial charge is 0.481 e. The molecule has 0 radical (unpaired) electrons. The third kappa shape index (κ3) is 3.96. The average molecular weight is 367 g/mol. The molecule has 0 spiro atoms. The lowest BCUT2D eigenvalue weighted by atomic mass is 10.3. The third-order valence-electron chi connectivity index (χ3n) is 2.56. The van der Waals surface area contributed by atoms with Crippen molar-refractivity contribution in [1.82, 2.24) is 0 Å². The van der Waals surface area contributed by atoms with Crippen LogP contribution in [0.25, 0.3) is 0 Å². The monoisotopic (exact) mass is 367 g/mol. The number of benzene rings is 2. The van der Waals surface area contributed by atoms with E-state index in [1.165, 1.54) is 0 Å². The van der Waals surface area contributed by atoms with E-state index in [1.54, 1.807) is 6.92 Å². The lowest BCUT2D eigenvalue weighted by Crippen LogP contribution is -2.30. The average Bonchev–Trinajstić information content (AvgIpc) is 2.42. The summed E-state index contributed by atoms with van der Waals surface area (Å²) in [7, 11) is 0. The van der Waals surface area contributed by atoms with Crippen LogP contribution < -0.4 is 10.1 Å². The predicted octanol–water partition coefficient (Wildman–Crippen LogP) is 3.70. The summed E-state index contributed by atoms with van der Waals surface area (Å²) in [5, 5.41) is 2.86. The molecule has 0 aromatic heterocycles. The van der Waals surface area contributed by atoms with Crippen molar-refractivity contribution in [3.05, 3.63) is 58.2 Å². The van der Waals surface area contributed by atoms with Gasteiger partial charge in [0.25, 0.3) is 5.91 Å². The molecule has 0 aliphatic rings. The second-order valence-electron chi connectivity index (χ2n) is 4.04. The number of ether oxygens (including phenoxy) is 1. The third-order valence-corrected chi connectivity index (χ3v) is 3.50. The number of nitrogens with one attached hydrogen (secondary N) is 1. The van der Waals surface area contributed by atoms with E-state index in [4.69, 9.17) is 4.74 Å². The standard InChI is InChI=1S/C15H14INO2/c1-11(19-12-7-3-2-4-8-12)15(18)17-14-10-6-5-9-13(14)16/h2-11H,1H3,(H,17,18)/t11-/m0/s1. The number of rotatable bonds is 4. The summed E-state index contributed by atoms with van der Waals surface area (Å²) in [4.78, 5) is 12.0. The molecule has 0 heterocycles. The summed E-state index contributed by atoms with van der Waals surface area (Å²) in [6, 6.07) is 17.0. The van der Waals surface area contributed by atoms with Crippen LogP contribution in [0.15, 0.2) is 54.6 Å². The maximum Gasteiger partial charge on any atom is 0.265 e. The quantitative estimate of drug-likeness (QED) is 0.837. The van der Waals surface area contributed by atoms with E-state index in [-0.39, 0.29) is 5.91 Å². The van der Waals surface area contributed by atoms with Crippen LogP contribution in [0.5, 0.6) is 5.75 Å². The molecule has 3 nitrogen and oxygen atoms in total. The Morgan fingerprint density at radius 2 is 1.74 bits per heavy atom. The van der Waals surface area contributed by atoms with Gasteiger partial charge in [-0.05, 0) is 53.8 Å². The van der Waals surface area contributed by atoms with Crippen LogP contribution in [-0.4, -0.2) is 12.0 Å². The van der Waals surface area contributed by atoms with E-state index < -0.39 is 6.10 Å². The Hall–Kier alpha value is -1.56. The molecule has 0 saturated heterocycles. The van der Waals surface area contributed by atoms with E-state index in [0.29, 0.717) is 5.75 Å². The van der Waals surface area contributed by atoms with Gasteiger partial charge in [0, 0.05) is 3.57 Å². The van der Waals surface area contributed by atoms with Crippen LogP contribution in [0.2, 0.25) is 0 Å². The SMILES string of the molecule is C[C@H](Oc1ccccc1)C(=O)Nc1ccccc1I. The number of para-hydroxylation sites is 2. The minimum Gasteiger partial charge on any atom is -0.481 e. The highest BCUT2D eigenvalue weighted by Gasteiger charge is 2.15.